The second-order valence-corrected chi connectivity index (χ2v) is 3.43. The predicted octanol–water partition coefficient (Wildman–Crippen LogP) is 1.24. The van der Waals surface area contributed by atoms with Gasteiger partial charge in [-0.2, -0.15) is 0 Å². The molecule has 0 fully saturated rings. The summed E-state index contributed by atoms with van der Waals surface area (Å²) in [6.45, 7) is 9.80. The number of carbonyl (C=O) groups is 1. The Bertz CT molecular complexity index is 371. The SMILES string of the molecule is C=CCNC(=O)c1cnc(N(CC)CC)cn1. The van der Waals surface area contributed by atoms with Gasteiger partial charge in [0.1, 0.15) is 11.5 Å². The number of hydrogen-bond acceptors (Lipinski definition) is 4. The summed E-state index contributed by atoms with van der Waals surface area (Å²) in [4.78, 5) is 21.9. The minimum absolute atomic E-state index is 0.233. The molecule has 0 saturated heterocycles. The van der Waals surface area contributed by atoms with Gasteiger partial charge in [0, 0.05) is 19.6 Å². The van der Waals surface area contributed by atoms with Crippen molar-refractivity contribution in [3.8, 4) is 0 Å². The van der Waals surface area contributed by atoms with Gasteiger partial charge in [0.2, 0.25) is 0 Å². The molecule has 0 saturated carbocycles. The first-order valence-corrected chi connectivity index (χ1v) is 5.69. The maximum Gasteiger partial charge on any atom is 0.271 e. The van der Waals surface area contributed by atoms with E-state index in [1.54, 1.807) is 12.3 Å². The molecule has 0 radical (unpaired) electrons. The van der Waals surface area contributed by atoms with Crippen molar-refractivity contribution in [1.29, 1.82) is 0 Å². The van der Waals surface area contributed by atoms with E-state index < -0.39 is 0 Å². The van der Waals surface area contributed by atoms with E-state index in [9.17, 15) is 4.79 Å². The highest BCUT2D eigenvalue weighted by Gasteiger charge is 2.08. The van der Waals surface area contributed by atoms with Gasteiger partial charge in [-0.3, -0.25) is 4.79 Å². The van der Waals surface area contributed by atoms with E-state index >= 15 is 0 Å². The van der Waals surface area contributed by atoms with Crippen LogP contribution < -0.4 is 10.2 Å². The average molecular weight is 234 g/mol. The topological polar surface area (TPSA) is 58.1 Å². The summed E-state index contributed by atoms with van der Waals surface area (Å²) >= 11 is 0. The van der Waals surface area contributed by atoms with Gasteiger partial charge in [0.15, 0.2) is 0 Å². The van der Waals surface area contributed by atoms with Crippen LogP contribution in [0.3, 0.4) is 0 Å². The molecule has 17 heavy (non-hydrogen) atoms. The highest BCUT2D eigenvalue weighted by molar-refractivity contribution is 5.92. The molecule has 0 aliphatic heterocycles. The highest BCUT2D eigenvalue weighted by atomic mass is 16.1. The molecule has 5 heteroatoms. The summed E-state index contributed by atoms with van der Waals surface area (Å²) in [7, 11) is 0. The van der Waals surface area contributed by atoms with Crippen LogP contribution >= 0.6 is 0 Å². The second kappa shape index (κ2) is 6.62. The van der Waals surface area contributed by atoms with Crippen LogP contribution in [0.5, 0.6) is 0 Å². The van der Waals surface area contributed by atoms with Crippen LogP contribution in [-0.4, -0.2) is 35.5 Å². The molecule has 0 bridgehead atoms. The zero-order valence-corrected chi connectivity index (χ0v) is 10.3. The summed E-state index contributed by atoms with van der Waals surface area (Å²) in [6, 6.07) is 0. The van der Waals surface area contributed by atoms with Crippen LogP contribution in [0.2, 0.25) is 0 Å². The Balaban J connectivity index is 2.73. The third-order valence-electron chi connectivity index (χ3n) is 2.37. The van der Waals surface area contributed by atoms with Crippen LogP contribution in [0.1, 0.15) is 24.3 Å². The maximum absolute atomic E-state index is 11.5. The monoisotopic (exact) mass is 234 g/mol. The number of nitrogens with one attached hydrogen (secondary N) is 1. The molecule has 92 valence electrons. The number of anilines is 1. The van der Waals surface area contributed by atoms with Crippen LogP contribution in [0.15, 0.2) is 25.0 Å². The molecular formula is C12H18N4O. The molecule has 0 aliphatic rings. The van der Waals surface area contributed by atoms with Gasteiger partial charge >= 0.3 is 0 Å². The summed E-state index contributed by atoms with van der Waals surface area (Å²) in [5.41, 5.74) is 0.322. The van der Waals surface area contributed by atoms with Crippen molar-refractivity contribution in [3.05, 3.63) is 30.7 Å². The van der Waals surface area contributed by atoms with Crippen molar-refractivity contribution in [1.82, 2.24) is 15.3 Å². The molecule has 1 rings (SSSR count). The van der Waals surface area contributed by atoms with Gasteiger partial charge in [-0.25, -0.2) is 9.97 Å². The van der Waals surface area contributed by atoms with Gasteiger partial charge in [0.25, 0.3) is 5.91 Å². The Morgan fingerprint density at radius 3 is 2.59 bits per heavy atom. The van der Waals surface area contributed by atoms with Crippen LogP contribution in [0.25, 0.3) is 0 Å². The van der Waals surface area contributed by atoms with Gasteiger partial charge < -0.3 is 10.2 Å². The molecule has 0 aromatic carbocycles. The molecule has 0 spiro atoms. The maximum atomic E-state index is 11.5. The van der Waals surface area contributed by atoms with Gasteiger partial charge in [-0.05, 0) is 13.8 Å². The third kappa shape index (κ3) is 3.55. The zero-order valence-electron chi connectivity index (χ0n) is 10.3. The van der Waals surface area contributed by atoms with Crippen molar-refractivity contribution in [2.75, 3.05) is 24.5 Å². The molecule has 0 aliphatic carbocycles. The third-order valence-corrected chi connectivity index (χ3v) is 2.37. The summed E-state index contributed by atoms with van der Waals surface area (Å²) in [6.07, 6.45) is 4.73. The second-order valence-electron chi connectivity index (χ2n) is 3.43. The zero-order chi connectivity index (χ0) is 12.7. The largest absolute Gasteiger partial charge is 0.356 e. The van der Waals surface area contributed by atoms with E-state index in [1.807, 2.05) is 0 Å². The van der Waals surface area contributed by atoms with Crippen molar-refractivity contribution < 1.29 is 4.79 Å². The first kappa shape index (κ1) is 13.2. The molecule has 1 heterocycles. The number of nitrogens with zero attached hydrogens (tertiary/aromatic N) is 3. The van der Waals surface area contributed by atoms with E-state index in [-0.39, 0.29) is 5.91 Å². The van der Waals surface area contributed by atoms with Gasteiger partial charge in [-0.1, -0.05) is 6.08 Å². The fraction of sp³-hybridized carbons (Fsp3) is 0.417. The first-order chi connectivity index (χ1) is 8.22. The van der Waals surface area contributed by atoms with Crippen LogP contribution in [-0.2, 0) is 0 Å². The van der Waals surface area contributed by atoms with Crippen molar-refractivity contribution in [3.63, 3.8) is 0 Å². The van der Waals surface area contributed by atoms with Crippen molar-refractivity contribution >= 4 is 11.7 Å². The summed E-state index contributed by atoms with van der Waals surface area (Å²) in [5, 5.41) is 2.65. The molecule has 1 amide bonds. The molecule has 0 unspecified atom stereocenters. The number of hydrogen-bond donors (Lipinski definition) is 1. The Kier molecular flexibility index (Phi) is 5.13. The highest BCUT2D eigenvalue weighted by Crippen LogP contribution is 2.07. The van der Waals surface area contributed by atoms with Crippen LogP contribution in [0, 0.1) is 0 Å². The molecule has 1 aromatic heterocycles. The van der Waals surface area contributed by atoms with E-state index in [0.717, 1.165) is 18.9 Å². The van der Waals surface area contributed by atoms with E-state index in [1.165, 1.54) is 6.20 Å². The molecule has 1 aromatic rings. The van der Waals surface area contributed by atoms with Crippen molar-refractivity contribution in [2.45, 2.75) is 13.8 Å². The predicted molar refractivity (Wildman–Crippen MR) is 68.1 cm³/mol. The Hall–Kier alpha value is -1.91. The first-order valence-electron chi connectivity index (χ1n) is 5.69. The van der Waals surface area contributed by atoms with Gasteiger partial charge in [0.05, 0.1) is 12.4 Å². The van der Waals surface area contributed by atoms with E-state index in [0.29, 0.717) is 12.2 Å². The lowest BCUT2D eigenvalue weighted by molar-refractivity contribution is 0.0952. The van der Waals surface area contributed by atoms with Gasteiger partial charge in [-0.15, -0.1) is 6.58 Å². The normalized spacial score (nSPS) is 9.76. The fourth-order valence-corrected chi connectivity index (χ4v) is 1.40. The summed E-state index contributed by atoms with van der Waals surface area (Å²) in [5.74, 6) is 0.554. The quantitative estimate of drug-likeness (QED) is 0.752. The lowest BCUT2D eigenvalue weighted by atomic mass is 10.4. The standard InChI is InChI=1S/C12H18N4O/c1-4-7-13-12(17)10-8-15-11(9-14-10)16(5-2)6-3/h4,8-9H,1,5-7H2,2-3H3,(H,13,17). The minimum atomic E-state index is -0.233. The van der Waals surface area contributed by atoms with Crippen LogP contribution in [0.4, 0.5) is 5.82 Å². The lowest BCUT2D eigenvalue weighted by Gasteiger charge is -2.18. The van der Waals surface area contributed by atoms with Crippen molar-refractivity contribution in [2.24, 2.45) is 0 Å². The Labute approximate surface area is 102 Å². The molecule has 1 N–H and O–H groups in total. The number of carbonyl (C=O) groups excluding carboxylic acids is 1. The Morgan fingerprint density at radius 1 is 1.41 bits per heavy atom. The molecular weight excluding hydrogens is 216 g/mol. The number of amides is 1. The average Bonchev–Trinajstić information content (AvgIpc) is 2.38. The minimum Gasteiger partial charge on any atom is -0.356 e. The Morgan fingerprint density at radius 2 is 2.12 bits per heavy atom. The van der Waals surface area contributed by atoms with E-state index in [4.69, 9.17) is 0 Å². The smallest absolute Gasteiger partial charge is 0.271 e. The molecule has 5 nitrogen and oxygen atoms in total. The summed E-state index contributed by atoms with van der Waals surface area (Å²) < 4.78 is 0. The fourth-order valence-electron chi connectivity index (χ4n) is 1.40. The molecule has 0 atom stereocenters. The van der Waals surface area contributed by atoms with E-state index in [2.05, 4.69) is 40.6 Å². The lowest BCUT2D eigenvalue weighted by Crippen LogP contribution is -2.26. The number of rotatable bonds is 6. The number of aromatic nitrogens is 2.